The van der Waals surface area contributed by atoms with Gasteiger partial charge < -0.3 is 20.9 Å². The van der Waals surface area contributed by atoms with E-state index in [1.807, 2.05) is 6.07 Å². The molecule has 0 radical (unpaired) electrons. The van der Waals surface area contributed by atoms with Gasteiger partial charge in [0, 0.05) is 17.7 Å². The SMILES string of the molecule is COC(=O)C1=C(C(=O)OC)N(c2ccc([N+](=O)[O-])cc2C(N)=S)C(N)=C(C#N)C1c1ccccc1. The molecule has 0 amide bonds. The summed E-state index contributed by atoms with van der Waals surface area (Å²) >= 11 is 5.08. The zero-order chi connectivity index (χ0) is 25.9. The van der Waals surface area contributed by atoms with E-state index in [9.17, 15) is 25.0 Å². The Morgan fingerprint density at radius 1 is 1.14 bits per heavy atom. The second-order valence-electron chi connectivity index (χ2n) is 7.16. The van der Waals surface area contributed by atoms with E-state index >= 15 is 0 Å². The third-order valence-corrected chi connectivity index (χ3v) is 5.53. The highest BCUT2D eigenvalue weighted by molar-refractivity contribution is 7.80. The normalized spacial score (nSPS) is 15.3. The van der Waals surface area contributed by atoms with Crippen molar-refractivity contribution in [3.63, 3.8) is 0 Å². The van der Waals surface area contributed by atoms with Crippen molar-refractivity contribution in [3.8, 4) is 6.07 Å². The van der Waals surface area contributed by atoms with Crippen LogP contribution in [0, 0.1) is 21.4 Å². The van der Waals surface area contributed by atoms with Crippen LogP contribution in [-0.4, -0.2) is 36.1 Å². The lowest BCUT2D eigenvalue weighted by atomic mass is 9.80. The molecule has 0 aromatic heterocycles. The molecule has 3 rings (SSSR count). The van der Waals surface area contributed by atoms with Gasteiger partial charge in [0.2, 0.25) is 0 Å². The summed E-state index contributed by atoms with van der Waals surface area (Å²) in [5.74, 6) is -3.17. The summed E-state index contributed by atoms with van der Waals surface area (Å²) in [5.41, 5.74) is 11.8. The standard InChI is InChI=1S/C23H19N5O6S/c1-33-22(29)18-17(12-6-4-3-5-7-12)15(11-24)20(25)27(19(18)23(30)34-2)16-9-8-13(28(31)32)10-14(16)21(26)35/h3-10,17H,25H2,1-2H3,(H2,26,35). The van der Waals surface area contributed by atoms with Crippen molar-refractivity contribution >= 4 is 40.5 Å². The number of nitriles is 1. The zero-order valence-electron chi connectivity index (χ0n) is 18.6. The van der Waals surface area contributed by atoms with Crippen LogP contribution in [0.25, 0.3) is 0 Å². The van der Waals surface area contributed by atoms with Crippen LogP contribution in [0.15, 0.2) is 71.2 Å². The van der Waals surface area contributed by atoms with E-state index < -0.39 is 22.8 Å². The van der Waals surface area contributed by atoms with Gasteiger partial charge in [-0.15, -0.1) is 0 Å². The highest BCUT2D eigenvalue weighted by Gasteiger charge is 2.43. The molecule has 0 saturated heterocycles. The first-order valence-electron chi connectivity index (χ1n) is 9.91. The molecule has 1 heterocycles. The average molecular weight is 494 g/mol. The molecule has 2 aromatic carbocycles. The summed E-state index contributed by atoms with van der Waals surface area (Å²) in [6, 6.07) is 14.0. The Balaban J connectivity index is 2.48. The topological polar surface area (TPSA) is 175 Å². The number of carbonyl (C=O) groups is 2. The molecular formula is C23H19N5O6S. The van der Waals surface area contributed by atoms with Gasteiger partial charge in [-0.1, -0.05) is 42.5 Å². The molecule has 35 heavy (non-hydrogen) atoms. The summed E-state index contributed by atoms with van der Waals surface area (Å²) in [6.45, 7) is 0. The van der Waals surface area contributed by atoms with Crippen molar-refractivity contribution in [2.75, 3.05) is 19.1 Å². The summed E-state index contributed by atoms with van der Waals surface area (Å²) in [4.78, 5) is 37.6. The molecule has 0 bridgehead atoms. The van der Waals surface area contributed by atoms with E-state index in [4.69, 9.17) is 33.2 Å². The number of benzene rings is 2. The van der Waals surface area contributed by atoms with Crippen molar-refractivity contribution in [1.29, 1.82) is 5.26 Å². The third kappa shape index (κ3) is 4.40. The first-order chi connectivity index (χ1) is 16.7. The van der Waals surface area contributed by atoms with Gasteiger partial charge in [0.1, 0.15) is 16.5 Å². The molecule has 0 spiro atoms. The minimum atomic E-state index is -1.06. The second-order valence-corrected chi connectivity index (χ2v) is 7.60. The summed E-state index contributed by atoms with van der Waals surface area (Å²) < 4.78 is 9.91. The van der Waals surface area contributed by atoms with E-state index in [-0.39, 0.29) is 44.6 Å². The first-order valence-corrected chi connectivity index (χ1v) is 10.3. The number of carbonyl (C=O) groups excluding carboxylic acids is 2. The number of nitro groups is 1. The molecule has 178 valence electrons. The lowest BCUT2D eigenvalue weighted by Crippen LogP contribution is -2.41. The molecule has 1 unspecified atom stereocenters. The zero-order valence-corrected chi connectivity index (χ0v) is 19.4. The lowest BCUT2D eigenvalue weighted by Gasteiger charge is -2.36. The van der Waals surface area contributed by atoms with E-state index in [1.54, 1.807) is 30.3 Å². The number of esters is 2. The first kappa shape index (κ1) is 24.9. The summed E-state index contributed by atoms with van der Waals surface area (Å²) in [6.07, 6.45) is 0. The van der Waals surface area contributed by atoms with Gasteiger partial charge in [-0.2, -0.15) is 5.26 Å². The fourth-order valence-corrected chi connectivity index (χ4v) is 3.96. The third-order valence-electron chi connectivity index (χ3n) is 5.31. The maximum Gasteiger partial charge on any atom is 0.355 e. The molecule has 1 aliphatic heterocycles. The molecule has 0 saturated carbocycles. The molecule has 1 atom stereocenters. The number of rotatable bonds is 6. The van der Waals surface area contributed by atoms with Crippen LogP contribution in [0.3, 0.4) is 0 Å². The predicted octanol–water partition coefficient (Wildman–Crippen LogP) is 2.13. The Bertz CT molecular complexity index is 1350. The van der Waals surface area contributed by atoms with Crippen molar-refractivity contribution < 1.29 is 24.0 Å². The predicted molar refractivity (Wildman–Crippen MR) is 129 cm³/mol. The molecule has 11 nitrogen and oxygen atoms in total. The molecular weight excluding hydrogens is 474 g/mol. The van der Waals surface area contributed by atoms with Gasteiger partial charge in [0.25, 0.3) is 5.69 Å². The summed E-state index contributed by atoms with van der Waals surface area (Å²) in [7, 11) is 2.22. The fourth-order valence-electron chi connectivity index (χ4n) is 3.79. The Morgan fingerprint density at radius 2 is 1.77 bits per heavy atom. The van der Waals surface area contributed by atoms with Crippen LogP contribution in [0.1, 0.15) is 17.0 Å². The van der Waals surface area contributed by atoms with Gasteiger partial charge in [-0.3, -0.25) is 15.0 Å². The van der Waals surface area contributed by atoms with Crippen LogP contribution in [0.2, 0.25) is 0 Å². The van der Waals surface area contributed by atoms with Gasteiger partial charge in [0.05, 0.1) is 48.0 Å². The van der Waals surface area contributed by atoms with Crippen LogP contribution < -0.4 is 16.4 Å². The Morgan fingerprint density at radius 3 is 2.29 bits per heavy atom. The van der Waals surface area contributed by atoms with E-state index in [0.717, 1.165) is 31.3 Å². The highest BCUT2D eigenvalue weighted by atomic mass is 32.1. The van der Waals surface area contributed by atoms with Crippen molar-refractivity contribution in [2.24, 2.45) is 11.5 Å². The maximum atomic E-state index is 13.1. The monoisotopic (exact) mass is 493 g/mol. The molecule has 0 aliphatic carbocycles. The quantitative estimate of drug-likeness (QED) is 0.261. The smallest absolute Gasteiger partial charge is 0.355 e. The number of ether oxygens (including phenoxy) is 2. The minimum Gasteiger partial charge on any atom is -0.466 e. The minimum absolute atomic E-state index is 0.0155. The van der Waals surface area contributed by atoms with Crippen molar-refractivity contribution in [3.05, 3.63) is 92.4 Å². The van der Waals surface area contributed by atoms with E-state index in [2.05, 4.69) is 0 Å². The summed E-state index contributed by atoms with van der Waals surface area (Å²) in [5, 5.41) is 21.4. The number of hydrogen-bond acceptors (Lipinski definition) is 10. The number of methoxy groups -OCH3 is 2. The van der Waals surface area contributed by atoms with Gasteiger partial charge >= 0.3 is 11.9 Å². The molecule has 2 aromatic rings. The van der Waals surface area contributed by atoms with Crippen LogP contribution in [0.4, 0.5) is 11.4 Å². The number of nitro benzene ring substituents is 1. The van der Waals surface area contributed by atoms with E-state index in [0.29, 0.717) is 5.56 Å². The molecule has 0 fully saturated rings. The number of thiocarbonyl (C=S) groups is 1. The molecule has 4 N–H and O–H groups in total. The van der Waals surface area contributed by atoms with Gasteiger partial charge in [-0.05, 0) is 11.6 Å². The number of anilines is 1. The van der Waals surface area contributed by atoms with Crippen molar-refractivity contribution in [1.82, 2.24) is 0 Å². The Hall–Kier alpha value is -4.76. The highest BCUT2D eigenvalue weighted by Crippen LogP contribution is 2.44. The molecule has 1 aliphatic rings. The van der Waals surface area contributed by atoms with Crippen LogP contribution >= 0.6 is 12.2 Å². The number of non-ortho nitro benzene ring substituents is 1. The van der Waals surface area contributed by atoms with Crippen molar-refractivity contribution in [2.45, 2.75) is 5.92 Å². The van der Waals surface area contributed by atoms with Gasteiger partial charge in [-0.25, -0.2) is 9.59 Å². The maximum absolute atomic E-state index is 13.1. The largest absolute Gasteiger partial charge is 0.466 e. The number of hydrogen-bond donors (Lipinski definition) is 2. The Kier molecular flexibility index (Phi) is 7.12. The van der Waals surface area contributed by atoms with E-state index in [1.165, 1.54) is 6.07 Å². The fraction of sp³-hybridized carbons (Fsp3) is 0.130. The number of allylic oxidation sites excluding steroid dienone is 1. The number of nitrogens with two attached hydrogens (primary N) is 2. The Labute approximate surface area is 205 Å². The number of nitrogens with zero attached hydrogens (tertiary/aromatic N) is 3. The van der Waals surface area contributed by atoms with Crippen LogP contribution in [-0.2, 0) is 19.1 Å². The second kappa shape index (κ2) is 10.0. The average Bonchev–Trinajstić information content (AvgIpc) is 2.86. The molecule has 12 heteroatoms. The lowest BCUT2D eigenvalue weighted by molar-refractivity contribution is -0.384. The van der Waals surface area contributed by atoms with Gasteiger partial charge in [0.15, 0.2) is 0 Å². The van der Waals surface area contributed by atoms with Crippen LogP contribution in [0.5, 0.6) is 0 Å².